The van der Waals surface area contributed by atoms with Crippen molar-refractivity contribution in [2.24, 2.45) is 0 Å². The van der Waals surface area contributed by atoms with Crippen molar-refractivity contribution in [3.8, 4) is 0 Å². The van der Waals surface area contributed by atoms with Gasteiger partial charge in [0.1, 0.15) is 11.9 Å². The van der Waals surface area contributed by atoms with Gasteiger partial charge >= 0.3 is 5.97 Å². The predicted molar refractivity (Wildman–Crippen MR) is 45.2 cm³/mol. The molecule has 0 amide bonds. The average molecular weight is 184 g/mol. The van der Waals surface area contributed by atoms with Crippen LogP contribution in [0.25, 0.3) is 0 Å². The minimum absolute atomic E-state index is 0.0546. The number of carboxylic acids is 1. The Morgan fingerprint density at radius 1 is 1.77 bits per heavy atom. The number of rotatable bonds is 4. The Morgan fingerprint density at radius 2 is 2.46 bits per heavy atom. The van der Waals surface area contributed by atoms with Crippen LogP contribution in [0.3, 0.4) is 0 Å². The first-order valence-electron chi connectivity index (χ1n) is 4.01. The second-order valence-corrected chi connectivity index (χ2v) is 2.90. The summed E-state index contributed by atoms with van der Waals surface area (Å²) in [4.78, 5) is 16.9. The van der Waals surface area contributed by atoms with E-state index in [0.717, 1.165) is 5.69 Å². The van der Waals surface area contributed by atoms with Gasteiger partial charge in [-0.2, -0.15) is 0 Å². The molecule has 1 heterocycles. The fraction of sp³-hybridized carbons (Fsp3) is 0.500. The lowest BCUT2D eigenvalue weighted by Gasteiger charge is -2.04. The lowest BCUT2D eigenvalue weighted by molar-refractivity contribution is -0.137. The fourth-order valence-corrected chi connectivity index (χ4v) is 0.999. The third kappa shape index (κ3) is 2.87. The van der Waals surface area contributed by atoms with E-state index in [9.17, 15) is 9.90 Å². The van der Waals surface area contributed by atoms with Gasteiger partial charge in [-0.1, -0.05) is 0 Å². The van der Waals surface area contributed by atoms with Crippen LogP contribution in [-0.2, 0) is 4.79 Å². The standard InChI is InChI=1S/C8H12N2O3/c1-5-4-9-8(10-5)6(11)2-3-7(12)13/h4,6,11H,2-3H2,1H3,(H,9,10)(H,12,13). The highest BCUT2D eigenvalue weighted by Gasteiger charge is 2.12. The number of hydrogen-bond donors (Lipinski definition) is 3. The molecule has 0 saturated carbocycles. The molecule has 0 spiro atoms. The number of imidazole rings is 1. The molecule has 1 atom stereocenters. The van der Waals surface area contributed by atoms with Crippen molar-refractivity contribution >= 4 is 5.97 Å². The van der Waals surface area contributed by atoms with Crippen molar-refractivity contribution in [2.45, 2.75) is 25.9 Å². The lowest BCUT2D eigenvalue weighted by Crippen LogP contribution is -2.04. The first-order chi connectivity index (χ1) is 6.09. The number of aromatic nitrogens is 2. The van der Waals surface area contributed by atoms with E-state index in [1.54, 1.807) is 6.20 Å². The minimum atomic E-state index is -0.915. The van der Waals surface area contributed by atoms with Gasteiger partial charge in [-0.3, -0.25) is 4.79 Å². The topological polar surface area (TPSA) is 86.2 Å². The molecule has 0 saturated heterocycles. The third-order valence-corrected chi connectivity index (χ3v) is 1.67. The quantitative estimate of drug-likeness (QED) is 0.640. The van der Waals surface area contributed by atoms with Crippen molar-refractivity contribution in [1.29, 1.82) is 0 Å². The van der Waals surface area contributed by atoms with E-state index in [0.29, 0.717) is 5.82 Å². The number of carbonyl (C=O) groups is 1. The molecular formula is C8H12N2O3. The summed E-state index contributed by atoms with van der Waals surface area (Å²) in [6.07, 6.45) is 0.910. The van der Waals surface area contributed by atoms with E-state index in [1.807, 2.05) is 6.92 Å². The molecule has 0 aliphatic carbocycles. The Kier molecular flexibility index (Phi) is 3.02. The SMILES string of the molecule is Cc1cnc(C(O)CCC(=O)O)[nH]1. The molecular weight excluding hydrogens is 172 g/mol. The molecule has 1 rings (SSSR count). The Morgan fingerprint density at radius 3 is 2.92 bits per heavy atom. The number of carboxylic acid groups (broad SMARTS) is 1. The number of aliphatic hydroxyl groups excluding tert-OH is 1. The Balaban J connectivity index is 2.48. The van der Waals surface area contributed by atoms with Gasteiger partial charge in [0, 0.05) is 18.3 Å². The first-order valence-corrected chi connectivity index (χ1v) is 4.01. The van der Waals surface area contributed by atoms with Gasteiger partial charge in [-0.15, -0.1) is 0 Å². The second kappa shape index (κ2) is 4.04. The van der Waals surface area contributed by atoms with E-state index in [1.165, 1.54) is 0 Å². The number of nitrogens with one attached hydrogen (secondary N) is 1. The van der Waals surface area contributed by atoms with E-state index in [2.05, 4.69) is 9.97 Å². The summed E-state index contributed by atoms with van der Waals surface area (Å²) in [5.74, 6) is -0.485. The molecule has 1 aromatic rings. The number of H-pyrrole nitrogens is 1. The lowest BCUT2D eigenvalue weighted by atomic mass is 10.2. The van der Waals surface area contributed by atoms with Gasteiger partial charge in [-0.25, -0.2) is 4.98 Å². The maximum absolute atomic E-state index is 10.2. The normalized spacial score (nSPS) is 12.8. The maximum Gasteiger partial charge on any atom is 0.303 e. The fourth-order valence-electron chi connectivity index (χ4n) is 0.999. The molecule has 0 bridgehead atoms. The summed E-state index contributed by atoms with van der Waals surface area (Å²) >= 11 is 0. The van der Waals surface area contributed by atoms with Crippen molar-refractivity contribution in [2.75, 3.05) is 0 Å². The summed E-state index contributed by atoms with van der Waals surface area (Å²) in [7, 11) is 0. The molecule has 5 heteroatoms. The Bertz CT molecular complexity index is 295. The number of aliphatic hydroxyl groups is 1. The molecule has 0 aliphatic heterocycles. The zero-order chi connectivity index (χ0) is 9.84. The van der Waals surface area contributed by atoms with Crippen LogP contribution in [0.5, 0.6) is 0 Å². The second-order valence-electron chi connectivity index (χ2n) is 2.90. The van der Waals surface area contributed by atoms with Crippen LogP contribution < -0.4 is 0 Å². The van der Waals surface area contributed by atoms with Gasteiger partial charge in [-0.05, 0) is 13.3 Å². The van der Waals surface area contributed by atoms with E-state index >= 15 is 0 Å². The first kappa shape index (κ1) is 9.73. The molecule has 72 valence electrons. The molecule has 0 fully saturated rings. The van der Waals surface area contributed by atoms with E-state index in [4.69, 9.17) is 5.11 Å². The van der Waals surface area contributed by atoms with Crippen LogP contribution in [0.1, 0.15) is 30.5 Å². The minimum Gasteiger partial charge on any atom is -0.481 e. The maximum atomic E-state index is 10.2. The van der Waals surface area contributed by atoms with Crippen LogP contribution in [0.2, 0.25) is 0 Å². The number of aliphatic carboxylic acids is 1. The number of hydrogen-bond acceptors (Lipinski definition) is 3. The van der Waals surface area contributed by atoms with Gasteiger partial charge in [0.15, 0.2) is 0 Å². The summed E-state index contributed by atoms with van der Waals surface area (Å²) in [6.45, 7) is 1.82. The highest BCUT2D eigenvalue weighted by atomic mass is 16.4. The summed E-state index contributed by atoms with van der Waals surface area (Å²) in [5, 5.41) is 17.8. The van der Waals surface area contributed by atoms with Crippen molar-refractivity contribution < 1.29 is 15.0 Å². The smallest absolute Gasteiger partial charge is 0.303 e. The Hall–Kier alpha value is -1.36. The highest BCUT2D eigenvalue weighted by Crippen LogP contribution is 2.14. The van der Waals surface area contributed by atoms with Crippen LogP contribution in [-0.4, -0.2) is 26.2 Å². The monoisotopic (exact) mass is 184 g/mol. The molecule has 0 aliphatic rings. The summed E-state index contributed by atoms with van der Waals surface area (Å²) in [5.41, 5.74) is 0.851. The molecule has 3 N–H and O–H groups in total. The molecule has 1 aromatic heterocycles. The summed E-state index contributed by atoms with van der Waals surface area (Å²) in [6, 6.07) is 0. The summed E-state index contributed by atoms with van der Waals surface area (Å²) < 4.78 is 0. The number of aromatic amines is 1. The van der Waals surface area contributed by atoms with Crippen molar-refractivity contribution in [3.05, 3.63) is 17.7 Å². The van der Waals surface area contributed by atoms with Crippen LogP contribution in [0.4, 0.5) is 0 Å². The van der Waals surface area contributed by atoms with Crippen LogP contribution in [0, 0.1) is 6.92 Å². The average Bonchev–Trinajstić information content (AvgIpc) is 2.47. The number of aryl methyl sites for hydroxylation is 1. The van der Waals surface area contributed by atoms with Gasteiger partial charge < -0.3 is 15.2 Å². The van der Waals surface area contributed by atoms with Gasteiger partial charge in [0.25, 0.3) is 0 Å². The predicted octanol–water partition coefficient (Wildman–Crippen LogP) is 0.616. The van der Waals surface area contributed by atoms with Crippen LogP contribution >= 0.6 is 0 Å². The zero-order valence-corrected chi connectivity index (χ0v) is 7.32. The van der Waals surface area contributed by atoms with Crippen molar-refractivity contribution in [1.82, 2.24) is 9.97 Å². The molecule has 5 nitrogen and oxygen atoms in total. The van der Waals surface area contributed by atoms with Crippen molar-refractivity contribution in [3.63, 3.8) is 0 Å². The zero-order valence-electron chi connectivity index (χ0n) is 7.32. The molecule has 13 heavy (non-hydrogen) atoms. The number of nitrogens with zero attached hydrogens (tertiary/aromatic N) is 1. The third-order valence-electron chi connectivity index (χ3n) is 1.67. The molecule has 0 aromatic carbocycles. The van der Waals surface area contributed by atoms with E-state index < -0.39 is 12.1 Å². The largest absolute Gasteiger partial charge is 0.481 e. The van der Waals surface area contributed by atoms with Gasteiger partial charge in [0.05, 0.1) is 0 Å². The van der Waals surface area contributed by atoms with Gasteiger partial charge in [0.2, 0.25) is 0 Å². The highest BCUT2D eigenvalue weighted by molar-refractivity contribution is 5.66. The Labute approximate surface area is 75.4 Å². The van der Waals surface area contributed by atoms with E-state index in [-0.39, 0.29) is 12.8 Å². The molecule has 1 unspecified atom stereocenters. The molecule has 0 radical (unpaired) electrons. The van der Waals surface area contributed by atoms with Crippen LogP contribution in [0.15, 0.2) is 6.20 Å².